The van der Waals surface area contributed by atoms with Crippen molar-refractivity contribution in [1.29, 1.82) is 0 Å². The Morgan fingerprint density at radius 1 is 1.07 bits per heavy atom. The van der Waals surface area contributed by atoms with Crippen molar-refractivity contribution in [2.24, 2.45) is 4.99 Å². The molecule has 0 bridgehead atoms. The average molecular weight is 490 g/mol. The molecule has 0 aliphatic carbocycles. The van der Waals surface area contributed by atoms with Gasteiger partial charge in [-0.25, -0.2) is 0 Å². The molecule has 1 aliphatic rings. The van der Waals surface area contributed by atoms with Crippen LogP contribution in [0.25, 0.3) is 0 Å². The van der Waals surface area contributed by atoms with Crippen molar-refractivity contribution in [2.75, 3.05) is 66.2 Å². The molecule has 1 fully saturated rings. The van der Waals surface area contributed by atoms with E-state index in [1.54, 1.807) is 7.11 Å². The quantitative estimate of drug-likeness (QED) is 0.236. The zero-order valence-electron chi connectivity index (χ0n) is 16.7. The van der Waals surface area contributed by atoms with Gasteiger partial charge >= 0.3 is 0 Å². The van der Waals surface area contributed by atoms with Crippen molar-refractivity contribution in [3.05, 3.63) is 35.9 Å². The van der Waals surface area contributed by atoms with Gasteiger partial charge in [-0.05, 0) is 18.9 Å². The van der Waals surface area contributed by atoms with Crippen LogP contribution in [-0.2, 0) is 16.0 Å². The third kappa shape index (κ3) is 9.73. The van der Waals surface area contributed by atoms with E-state index in [0.29, 0.717) is 13.2 Å². The monoisotopic (exact) mass is 490 g/mol. The first-order chi connectivity index (χ1) is 12.8. The van der Waals surface area contributed by atoms with Crippen molar-refractivity contribution in [1.82, 2.24) is 15.1 Å². The lowest BCUT2D eigenvalue weighted by atomic mass is 10.2. The molecule has 6 nitrogen and oxygen atoms in total. The highest BCUT2D eigenvalue weighted by molar-refractivity contribution is 14.0. The zero-order chi connectivity index (χ0) is 18.5. The van der Waals surface area contributed by atoms with Gasteiger partial charge in [0, 0.05) is 59.5 Å². The normalized spacial score (nSPS) is 15.5. The van der Waals surface area contributed by atoms with E-state index in [4.69, 9.17) is 14.5 Å². The van der Waals surface area contributed by atoms with Crippen LogP contribution in [0.5, 0.6) is 0 Å². The predicted octanol–water partition coefficient (Wildman–Crippen LogP) is 2.44. The summed E-state index contributed by atoms with van der Waals surface area (Å²) in [4.78, 5) is 9.65. The molecule has 0 unspecified atom stereocenters. The molecule has 1 aliphatic heterocycles. The molecule has 154 valence electrons. The third-order valence-corrected chi connectivity index (χ3v) is 4.40. The fraction of sp³-hybridized carbons (Fsp3) is 0.650. The molecule has 1 aromatic rings. The van der Waals surface area contributed by atoms with Gasteiger partial charge in [0.15, 0.2) is 5.96 Å². The molecular formula is C20H35IN4O2. The molecule has 27 heavy (non-hydrogen) atoms. The van der Waals surface area contributed by atoms with E-state index in [1.807, 2.05) is 0 Å². The number of aliphatic imine (C=N–C) groups is 1. The van der Waals surface area contributed by atoms with Gasteiger partial charge in [-0.2, -0.15) is 0 Å². The van der Waals surface area contributed by atoms with E-state index in [9.17, 15) is 0 Å². The van der Waals surface area contributed by atoms with Crippen LogP contribution in [0.2, 0.25) is 0 Å². The Kier molecular flexibility index (Phi) is 13.5. The lowest BCUT2D eigenvalue weighted by Crippen LogP contribution is -2.52. The smallest absolute Gasteiger partial charge is 0.194 e. The van der Waals surface area contributed by atoms with Crippen LogP contribution in [0, 0.1) is 0 Å². The number of hydrogen-bond donors (Lipinski definition) is 1. The summed E-state index contributed by atoms with van der Waals surface area (Å²) in [5.41, 5.74) is 1.38. The number of nitrogens with zero attached hydrogens (tertiary/aromatic N) is 3. The number of benzene rings is 1. The van der Waals surface area contributed by atoms with E-state index in [2.05, 4.69) is 52.4 Å². The fourth-order valence-corrected chi connectivity index (χ4v) is 2.98. The van der Waals surface area contributed by atoms with Gasteiger partial charge in [0.05, 0.1) is 13.2 Å². The van der Waals surface area contributed by atoms with Crippen LogP contribution >= 0.6 is 24.0 Å². The van der Waals surface area contributed by atoms with Crippen molar-refractivity contribution in [3.63, 3.8) is 0 Å². The lowest BCUT2D eigenvalue weighted by molar-refractivity contribution is 0.0702. The Morgan fingerprint density at radius 3 is 2.48 bits per heavy atom. The van der Waals surface area contributed by atoms with Crippen molar-refractivity contribution < 1.29 is 9.47 Å². The number of ether oxygens (including phenoxy) is 2. The number of methoxy groups -OCH3 is 1. The van der Waals surface area contributed by atoms with Gasteiger partial charge < -0.3 is 19.7 Å². The molecule has 0 spiro atoms. The van der Waals surface area contributed by atoms with Gasteiger partial charge in [-0.15, -0.1) is 24.0 Å². The topological polar surface area (TPSA) is 49.3 Å². The van der Waals surface area contributed by atoms with E-state index in [1.165, 1.54) is 5.56 Å². The highest BCUT2D eigenvalue weighted by atomic mass is 127. The minimum absolute atomic E-state index is 0. The molecule has 0 saturated carbocycles. The Balaban J connectivity index is 0.00000364. The van der Waals surface area contributed by atoms with Crippen LogP contribution in [0.15, 0.2) is 35.3 Å². The largest absolute Gasteiger partial charge is 0.382 e. The van der Waals surface area contributed by atoms with Crippen LogP contribution < -0.4 is 5.32 Å². The maximum Gasteiger partial charge on any atom is 0.194 e. The lowest BCUT2D eigenvalue weighted by Gasteiger charge is -2.36. The molecule has 1 heterocycles. The van der Waals surface area contributed by atoms with Crippen LogP contribution in [-0.4, -0.2) is 82.0 Å². The molecule has 0 atom stereocenters. The highest BCUT2D eigenvalue weighted by Gasteiger charge is 2.19. The first-order valence-corrected chi connectivity index (χ1v) is 9.69. The Bertz CT molecular complexity index is 508. The molecule has 1 saturated heterocycles. The van der Waals surface area contributed by atoms with E-state index < -0.39 is 0 Å². The second-order valence-corrected chi connectivity index (χ2v) is 6.44. The molecular weight excluding hydrogens is 455 g/mol. The van der Waals surface area contributed by atoms with Crippen molar-refractivity contribution in [3.8, 4) is 0 Å². The highest BCUT2D eigenvalue weighted by Crippen LogP contribution is 2.08. The number of rotatable bonds is 10. The van der Waals surface area contributed by atoms with Gasteiger partial charge in [0.2, 0.25) is 0 Å². The van der Waals surface area contributed by atoms with Gasteiger partial charge in [0.25, 0.3) is 0 Å². The summed E-state index contributed by atoms with van der Waals surface area (Å²) in [6.07, 6.45) is 0.937. The fourth-order valence-electron chi connectivity index (χ4n) is 2.98. The maximum absolute atomic E-state index is 5.50. The molecule has 0 aromatic heterocycles. The van der Waals surface area contributed by atoms with Gasteiger partial charge in [-0.1, -0.05) is 30.3 Å². The zero-order valence-corrected chi connectivity index (χ0v) is 19.1. The second-order valence-electron chi connectivity index (χ2n) is 6.44. The molecule has 0 amide bonds. The van der Waals surface area contributed by atoms with Crippen LogP contribution in [0.1, 0.15) is 18.9 Å². The second kappa shape index (κ2) is 15.1. The minimum atomic E-state index is 0. The van der Waals surface area contributed by atoms with E-state index >= 15 is 0 Å². The number of guanidine groups is 1. The third-order valence-electron chi connectivity index (χ3n) is 4.40. The summed E-state index contributed by atoms with van der Waals surface area (Å²) in [6.45, 7) is 11.0. The molecule has 0 radical (unpaired) electrons. The van der Waals surface area contributed by atoms with Crippen LogP contribution in [0.4, 0.5) is 0 Å². The molecule has 2 rings (SSSR count). The average Bonchev–Trinajstić information content (AvgIpc) is 2.68. The van der Waals surface area contributed by atoms with Crippen molar-refractivity contribution in [2.45, 2.75) is 19.9 Å². The minimum Gasteiger partial charge on any atom is -0.382 e. The van der Waals surface area contributed by atoms with Crippen molar-refractivity contribution >= 4 is 29.9 Å². The predicted molar refractivity (Wildman–Crippen MR) is 122 cm³/mol. The summed E-state index contributed by atoms with van der Waals surface area (Å²) in [6, 6.07) is 10.7. The number of nitrogens with one attached hydrogen (secondary N) is 1. The summed E-state index contributed by atoms with van der Waals surface area (Å²) in [5.74, 6) is 1.03. The number of piperazine rings is 1. The van der Waals surface area contributed by atoms with Gasteiger partial charge in [-0.3, -0.25) is 9.89 Å². The summed E-state index contributed by atoms with van der Waals surface area (Å²) in [5, 5.41) is 3.42. The summed E-state index contributed by atoms with van der Waals surface area (Å²) >= 11 is 0. The summed E-state index contributed by atoms with van der Waals surface area (Å²) < 4.78 is 10.5. The maximum atomic E-state index is 5.50. The number of hydrogen-bond acceptors (Lipinski definition) is 4. The molecule has 7 heteroatoms. The van der Waals surface area contributed by atoms with E-state index in [-0.39, 0.29) is 24.0 Å². The van der Waals surface area contributed by atoms with Gasteiger partial charge in [0.1, 0.15) is 0 Å². The molecule has 1 aromatic carbocycles. The standard InChI is InChI=1S/C20H34N4O2.HI/c1-3-21-20(22-10-7-15-26-17-16-25-2)24-13-11-23(12-14-24)18-19-8-5-4-6-9-19;/h4-6,8-9H,3,7,10-18H2,1-2H3,(H,21,22);1H. The Morgan fingerprint density at radius 2 is 1.81 bits per heavy atom. The van der Waals surface area contributed by atoms with E-state index in [0.717, 1.165) is 64.8 Å². The first kappa shape index (κ1) is 24.1. The number of halogens is 1. The summed E-state index contributed by atoms with van der Waals surface area (Å²) in [7, 11) is 1.69. The SMILES string of the molecule is CCNC(=NCCCOCCOC)N1CCN(Cc2ccccc2)CC1.I. The Labute approximate surface area is 181 Å². The molecule has 1 N–H and O–H groups in total. The first-order valence-electron chi connectivity index (χ1n) is 9.69. The van der Waals surface area contributed by atoms with Crippen LogP contribution in [0.3, 0.4) is 0 Å². The Hall–Kier alpha value is -0.900.